The van der Waals surface area contributed by atoms with Crippen LogP contribution < -0.4 is 5.73 Å². The highest BCUT2D eigenvalue weighted by Crippen LogP contribution is 2.30. The summed E-state index contributed by atoms with van der Waals surface area (Å²) in [5, 5.41) is 0. The van der Waals surface area contributed by atoms with Crippen molar-refractivity contribution in [3.05, 3.63) is 35.9 Å². The predicted molar refractivity (Wildman–Crippen MR) is 94.7 cm³/mol. The summed E-state index contributed by atoms with van der Waals surface area (Å²) in [5.41, 5.74) is 6.75. The van der Waals surface area contributed by atoms with Crippen molar-refractivity contribution in [3.8, 4) is 0 Å². The Morgan fingerprint density at radius 2 is 2.00 bits per heavy atom. The van der Waals surface area contributed by atoms with Crippen LogP contribution >= 0.6 is 0 Å². The molecule has 1 aromatic rings. The van der Waals surface area contributed by atoms with Gasteiger partial charge in [-0.2, -0.15) is 0 Å². The first kappa shape index (κ1) is 17.7. The zero-order valence-corrected chi connectivity index (χ0v) is 14.8. The van der Waals surface area contributed by atoms with E-state index in [0.29, 0.717) is 31.6 Å². The first-order valence-electron chi connectivity index (χ1n) is 9.06. The second-order valence-electron chi connectivity index (χ2n) is 7.15. The molecule has 2 unspecified atom stereocenters. The Labute approximate surface area is 148 Å². The van der Waals surface area contributed by atoms with Gasteiger partial charge in [0, 0.05) is 25.7 Å². The molecule has 2 amide bonds. The van der Waals surface area contributed by atoms with Crippen LogP contribution in [0.25, 0.3) is 0 Å². The van der Waals surface area contributed by atoms with E-state index >= 15 is 0 Å². The number of ether oxygens (including phenoxy) is 1. The molecular formula is C19H27N3O3. The lowest BCUT2D eigenvalue weighted by Crippen LogP contribution is -2.45. The van der Waals surface area contributed by atoms with Crippen LogP contribution in [0.15, 0.2) is 30.3 Å². The van der Waals surface area contributed by atoms with Gasteiger partial charge in [-0.05, 0) is 37.7 Å². The molecule has 25 heavy (non-hydrogen) atoms. The molecule has 2 fully saturated rings. The molecule has 2 N–H and O–H groups in total. The molecule has 1 aliphatic carbocycles. The maximum atomic E-state index is 12.3. The van der Waals surface area contributed by atoms with E-state index < -0.39 is 6.04 Å². The number of amides is 2. The fourth-order valence-corrected chi connectivity index (χ4v) is 3.30. The molecule has 3 rings (SSSR count). The van der Waals surface area contributed by atoms with E-state index in [1.165, 1.54) is 0 Å². The predicted octanol–water partition coefficient (Wildman–Crippen LogP) is 1.98. The summed E-state index contributed by atoms with van der Waals surface area (Å²) in [7, 11) is 0. The molecule has 6 heteroatoms. The van der Waals surface area contributed by atoms with E-state index in [2.05, 4.69) is 0 Å². The minimum absolute atomic E-state index is 0.0209. The second kappa shape index (κ2) is 7.87. The zero-order valence-electron chi connectivity index (χ0n) is 14.8. The van der Waals surface area contributed by atoms with Gasteiger partial charge in [0.05, 0.1) is 6.04 Å². The Morgan fingerprint density at radius 1 is 1.28 bits per heavy atom. The fourth-order valence-electron chi connectivity index (χ4n) is 3.30. The molecule has 1 heterocycles. The number of carbonyl (C=O) groups is 2. The lowest BCUT2D eigenvalue weighted by atomic mass is 10.1. The van der Waals surface area contributed by atoms with Crippen molar-refractivity contribution in [2.75, 3.05) is 19.6 Å². The highest BCUT2D eigenvalue weighted by atomic mass is 16.6. The van der Waals surface area contributed by atoms with Gasteiger partial charge >= 0.3 is 6.09 Å². The molecule has 6 nitrogen and oxygen atoms in total. The maximum Gasteiger partial charge on any atom is 0.410 e. The summed E-state index contributed by atoms with van der Waals surface area (Å²) < 4.78 is 5.40. The van der Waals surface area contributed by atoms with E-state index in [9.17, 15) is 9.59 Å². The van der Waals surface area contributed by atoms with E-state index in [1.54, 1.807) is 11.8 Å². The lowest BCUT2D eigenvalue weighted by Gasteiger charge is -2.27. The summed E-state index contributed by atoms with van der Waals surface area (Å²) in [5.74, 6) is 0.320. The number of nitrogens with two attached hydrogens (primary N) is 1. The topological polar surface area (TPSA) is 75.9 Å². The van der Waals surface area contributed by atoms with Crippen molar-refractivity contribution in [1.29, 1.82) is 0 Å². The number of hydrogen-bond acceptors (Lipinski definition) is 4. The number of hydrogen-bond donors (Lipinski definition) is 1. The van der Waals surface area contributed by atoms with Crippen molar-refractivity contribution in [2.45, 2.75) is 44.9 Å². The number of benzene rings is 1. The second-order valence-corrected chi connectivity index (χ2v) is 7.15. The molecule has 0 spiro atoms. The van der Waals surface area contributed by atoms with Gasteiger partial charge in [0.15, 0.2) is 0 Å². The summed E-state index contributed by atoms with van der Waals surface area (Å²) >= 11 is 0. The van der Waals surface area contributed by atoms with Gasteiger partial charge in [0.1, 0.15) is 6.61 Å². The zero-order chi connectivity index (χ0) is 17.8. The van der Waals surface area contributed by atoms with Gasteiger partial charge in [-0.15, -0.1) is 0 Å². The molecule has 1 saturated carbocycles. The molecule has 2 aliphatic rings. The van der Waals surface area contributed by atoms with Crippen LogP contribution in [0.5, 0.6) is 0 Å². The largest absolute Gasteiger partial charge is 0.445 e. The third kappa shape index (κ3) is 4.72. The number of rotatable bonds is 6. The van der Waals surface area contributed by atoms with Crippen molar-refractivity contribution in [1.82, 2.24) is 9.80 Å². The molecule has 1 aromatic carbocycles. The van der Waals surface area contributed by atoms with Crippen molar-refractivity contribution < 1.29 is 14.3 Å². The van der Waals surface area contributed by atoms with Crippen LogP contribution in [0.2, 0.25) is 0 Å². The minimum Gasteiger partial charge on any atom is -0.445 e. The third-order valence-electron chi connectivity index (χ3n) is 4.86. The SMILES string of the molecule is CC(N)C(=O)N(CC1CCN(C(=O)OCc2ccccc2)C1)C1CC1. The van der Waals surface area contributed by atoms with E-state index in [4.69, 9.17) is 10.5 Å². The molecule has 136 valence electrons. The Balaban J connectivity index is 1.47. The van der Waals surface area contributed by atoms with Gasteiger partial charge in [0.25, 0.3) is 0 Å². The summed E-state index contributed by atoms with van der Waals surface area (Å²) in [4.78, 5) is 28.2. The van der Waals surface area contributed by atoms with Gasteiger partial charge in [-0.1, -0.05) is 30.3 Å². The average Bonchev–Trinajstić information content (AvgIpc) is 3.35. The average molecular weight is 345 g/mol. The van der Waals surface area contributed by atoms with Crippen molar-refractivity contribution in [3.63, 3.8) is 0 Å². The summed E-state index contributed by atoms with van der Waals surface area (Å²) in [6, 6.07) is 9.55. The third-order valence-corrected chi connectivity index (χ3v) is 4.86. The highest BCUT2D eigenvalue weighted by molar-refractivity contribution is 5.81. The molecule has 0 aromatic heterocycles. The number of carbonyl (C=O) groups excluding carboxylic acids is 2. The fraction of sp³-hybridized carbons (Fsp3) is 0.579. The molecule has 1 aliphatic heterocycles. The van der Waals surface area contributed by atoms with E-state index in [1.807, 2.05) is 35.2 Å². The molecule has 2 atom stereocenters. The van der Waals surface area contributed by atoms with Crippen molar-refractivity contribution >= 4 is 12.0 Å². The monoisotopic (exact) mass is 345 g/mol. The van der Waals surface area contributed by atoms with Crippen LogP contribution in [-0.4, -0.2) is 53.5 Å². The Kier molecular flexibility index (Phi) is 5.58. The molecule has 0 bridgehead atoms. The van der Waals surface area contributed by atoms with Crippen LogP contribution in [-0.2, 0) is 16.1 Å². The number of likely N-dealkylation sites (tertiary alicyclic amines) is 1. The Bertz CT molecular complexity index is 601. The Hall–Kier alpha value is -2.08. The quantitative estimate of drug-likeness (QED) is 0.855. The smallest absolute Gasteiger partial charge is 0.410 e. The Morgan fingerprint density at radius 3 is 2.64 bits per heavy atom. The van der Waals surface area contributed by atoms with Crippen molar-refractivity contribution in [2.24, 2.45) is 11.7 Å². The van der Waals surface area contributed by atoms with Crippen LogP contribution in [0.1, 0.15) is 31.7 Å². The van der Waals surface area contributed by atoms with Crippen LogP contribution in [0.3, 0.4) is 0 Å². The molecule has 0 radical (unpaired) electrons. The normalized spacial score (nSPS) is 21.0. The lowest BCUT2D eigenvalue weighted by molar-refractivity contribution is -0.133. The minimum atomic E-state index is -0.464. The first-order valence-corrected chi connectivity index (χ1v) is 9.06. The van der Waals surface area contributed by atoms with Crippen LogP contribution in [0.4, 0.5) is 4.79 Å². The van der Waals surface area contributed by atoms with Gasteiger partial charge < -0.3 is 20.3 Å². The van der Waals surface area contributed by atoms with E-state index in [-0.39, 0.29) is 18.6 Å². The maximum absolute atomic E-state index is 12.3. The van der Waals surface area contributed by atoms with Gasteiger partial charge in [-0.3, -0.25) is 4.79 Å². The van der Waals surface area contributed by atoms with E-state index in [0.717, 1.165) is 24.8 Å². The first-order chi connectivity index (χ1) is 12.0. The highest BCUT2D eigenvalue weighted by Gasteiger charge is 2.37. The molecular weight excluding hydrogens is 318 g/mol. The standard InChI is InChI=1S/C19H27N3O3/c1-14(20)18(23)22(17-7-8-17)12-16-9-10-21(11-16)19(24)25-13-15-5-3-2-4-6-15/h2-6,14,16-17H,7-13,20H2,1H3. The van der Waals surface area contributed by atoms with Crippen LogP contribution in [0, 0.1) is 5.92 Å². The summed E-state index contributed by atoms with van der Waals surface area (Å²) in [6.45, 7) is 4.04. The van der Waals surface area contributed by atoms with Gasteiger partial charge in [0.2, 0.25) is 5.91 Å². The summed E-state index contributed by atoms with van der Waals surface area (Å²) in [6.07, 6.45) is 2.75. The molecule has 1 saturated heterocycles. The van der Waals surface area contributed by atoms with Gasteiger partial charge in [-0.25, -0.2) is 4.79 Å². The number of nitrogens with zero attached hydrogens (tertiary/aromatic N) is 2.